The molecular formula is C12H20Cl2N2O3S. The van der Waals surface area contributed by atoms with Crippen LogP contribution in [0.2, 0.25) is 0 Å². The molecule has 2 rings (SSSR count). The molecule has 1 aliphatic heterocycles. The van der Waals surface area contributed by atoms with Crippen molar-refractivity contribution in [2.75, 3.05) is 44.7 Å². The summed E-state index contributed by atoms with van der Waals surface area (Å²) < 4.78 is 21.3. The highest BCUT2D eigenvalue weighted by Crippen LogP contribution is 2.64. The van der Waals surface area contributed by atoms with E-state index in [2.05, 4.69) is 4.90 Å². The van der Waals surface area contributed by atoms with Gasteiger partial charge in [0.25, 0.3) is 0 Å². The average Bonchev–Trinajstić information content (AvgIpc) is 2.86. The van der Waals surface area contributed by atoms with Crippen LogP contribution in [0.3, 0.4) is 0 Å². The zero-order valence-electron chi connectivity index (χ0n) is 11.7. The van der Waals surface area contributed by atoms with Gasteiger partial charge in [0.2, 0.25) is 5.91 Å². The summed E-state index contributed by atoms with van der Waals surface area (Å²) in [6.45, 7) is 4.90. The van der Waals surface area contributed by atoms with Crippen LogP contribution in [0.4, 0.5) is 0 Å². The van der Waals surface area contributed by atoms with E-state index in [0.29, 0.717) is 39.1 Å². The van der Waals surface area contributed by atoms with Crippen LogP contribution in [-0.4, -0.2) is 73.2 Å². The molecule has 2 aliphatic rings. The first kappa shape index (κ1) is 16.3. The third kappa shape index (κ3) is 3.40. The normalized spacial score (nSPS) is 30.3. The maximum atomic E-state index is 12.4. The minimum atomic E-state index is -2.94. The van der Waals surface area contributed by atoms with Crippen molar-refractivity contribution in [3.8, 4) is 0 Å². The summed E-state index contributed by atoms with van der Waals surface area (Å²) >= 11 is 12.1. The second-order valence-electron chi connectivity index (χ2n) is 5.98. The van der Waals surface area contributed by atoms with Crippen LogP contribution in [0.15, 0.2) is 0 Å². The van der Waals surface area contributed by atoms with Gasteiger partial charge in [0, 0.05) is 39.0 Å². The summed E-state index contributed by atoms with van der Waals surface area (Å²) in [5.41, 5.74) is -0.662. The Morgan fingerprint density at radius 2 is 1.70 bits per heavy atom. The number of halogens is 2. The molecule has 1 atom stereocenters. The molecule has 0 aromatic rings. The lowest BCUT2D eigenvalue weighted by Gasteiger charge is -2.36. The predicted octanol–water partition coefficient (Wildman–Crippen LogP) is 0.759. The van der Waals surface area contributed by atoms with Gasteiger partial charge in [-0.15, -0.1) is 23.2 Å². The quantitative estimate of drug-likeness (QED) is 0.707. The standard InChI is InChI=1S/C12H20Cl2N2O3S/c1-11(9-12(11,13)14)10(17)16-5-3-15(4-6-16)7-8-20(2,18)19/h3-9H2,1-2H3/t11-/m0/s1. The lowest BCUT2D eigenvalue weighted by atomic mass is 10.1. The van der Waals surface area contributed by atoms with Crippen LogP contribution >= 0.6 is 23.2 Å². The van der Waals surface area contributed by atoms with Gasteiger partial charge in [-0.25, -0.2) is 8.42 Å². The van der Waals surface area contributed by atoms with Crippen LogP contribution in [-0.2, 0) is 14.6 Å². The first-order valence-electron chi connectivity index (χ1n) is 6.62. The minimum absolute atomic E-state index is 0.00487. The van der Waals surface area contributed by atoms with Crippen molar-refractivity contribution < 1.29 is 13.2 Å². The predicted molar refractivity (Wildman–Crippen MR) is 79.9 cm³/mol. The zero-order chi connectivity index (χ0) is 15.2. The van der Waals surface area contributed by atoms with E-state index in [4.69, 9.17) is 23.2 Å². The Hall–Kier alpha value is -0.0400. The molecule has 20 heavy (non-hydrogen) atoms. The fraction of sp³-hybridized carbons (Fsp3) is 0.917. The van der Waals surface area contributed by atoms with Gasteiger partial charge >= 0.3 is 0 Å². The molecule has 0 spiro atoms. The summed E-state index contributed by atoms with van der Waals surface area (Å²) in [6.07, 6.45) is 1.73. The number of hydrogen-bond acceptors (Lipinski definition) is 4. The molecule has 1 saturated heterocycles. The second-order valence-corrected chi connectivity index (χ2v) is 9.72. The molecule has 0 aromatic carbocycles. The molecule has 2 fully saturated rings. The Bertz CT molecular complexity index is 501. The molecule has 8 heteroatoms. The molecule has 5 nitrogen and oxygen atoms in total. The zero-order valence-corrected chi connectivity index (χ0v) is 14.1. The minimum Gasteiger partial charge on any atom is -0.340 e. The lowest BCUT2D eigenvalue weighted by molar-refractivity contribution is -0.138. The Kier molecular flexibility index (Phi) is 4.33. The number of rotatable bonds is 4. The smallest absolute Gasteiger partial charge is 0.231 e. The lowest BCUT2D eigenvalue weighted by Crippen LogP contribution is -2.51. The van der Waals surface area contributed by atoms with Crippen LogP contribution in [0.25, 0.3) is 0 Å². The van der Waals surface area contributed by atoms with Gasteiger partial charge in [-0.3, -0.25) is 9.69 Å². The van der Waals surface area contributed by atoms with Gasteiger partial charge in [-0.05, 0) is 13.3 Å². The van der Waals surface area contributed by atoms with Crippen LogP contribution in [0.5, 0.6) is 0 Å². The van der Waals surface area contributed by atoms with E-state index in [9.17, 15) is 13.2 Å². The second kappa shape index (κ2) is 5.30. The fourth-order valence-electron chi connectivity index (χ4n) is 2.45. The molecule has 1 aliphatic carbocycles. The highest BCUT2D eigenvalue weighted by Gasteiger charge is 2.68. The first-order valence-corrected chi connectivity index (χ1v) is 9.44. The molecule has 1 amide bonds. The molecule has 1 saturated carbocycles. The highest BCUT2D eigenvalue weighted by molar-refractivity contribution is 7.90. The number of sulfone groups is 1. The summed E-state index contributed by atoms with van der Waals surface area (Å²) in [5.74, 6) is 0.163. The summed E-state index contributed by atoms with van der Waals surface area (Å²) in [5, 5.41) is 0. The third-order valence-electron chi connectivity index (χ3n) is 4.17. The van der Waals surface area contributed by atoms with Crippen LogP contribution in [0, 0.1) is 5.41 Å². The average molecular weight is 343 g/mol. The van der Waals surface area contributed by atoms with Crippen LogP contribution < -0.4 is 0 Å². The molecule has 0 bridgehead atoms. The number of nitrogens with zero attached hydrogens (tertiary/aromatic N) is 2. The van der Waals surface area contributed by atoms with Crippen molar-refractivity contribution >= 4 is 38.9 Å². The van der Waals surface area contributed by atoms with Crippen molar-refractivity contribution in [2.45, 2.75) is 17.7 Å². The van der Waals surface area contributed by atoms with E-state index in [1.54, 1.807) is 11.8 Å². The van der Waals surface area contributed by atoms with Gasteiger partial charge < -0.3 is 4.90 Å². The van der Waals surface area contributed by atoms with E-state index >= 15 is 0 Å². The Balaban J connectivity index is 1.82. The number of amides is 1. The molecule has 0 unspecified atom stereocenters. The Labute approximate surface area is 130 Å². The molecule has 1 heterocycles. The molecule has 0 N–H and O–H groups in total. The van der Waals surface area contributed by atoms with Gasteiger partial charge in [-0.1, -0.05) is 0 Å². The number of alkyl halides is 2. The van der Waals surface area contributed by atoms with Crippen molar-refractivity contribution in [3.63, 3.8) is 0 Å². The van der Waals surface area contributed by atoms with Crippen LogP contribution in [0.1, 0.15) is 13.3 Å². The third-order valence-corrected chi connectivity index (χ3v) is 6.19. The van der Waals surface area contributed by atoms with Gasteiger partial charge in [0.1, 0.15) is 14.2 Å². The van der Waals surface area contributed by atoms with Gasteiger partial charge in [0.15, 0.2) is 0 Å². The van der Waals surface area contributed by atoms with E-state index < -0.39 is 19.6 Å². The number of piperazine rings is 1. The monoisotopic (exact) mass is 342 g/mol. The van der Waals surface area contributed by atoms with E-state index in [1.807, 2.05) is 0 Å². The molecule has 0 radical (unpaired) electrons. The SMILES string of the molecule is C[C@@]1(C(=O)N2CCN(CCS(C)(=O)=O)CC2)CC1(Cl)Cl. The summed E-state index contributed by atoms with van der Waals surface area (Å²) in [4.78, 5) is 16.2. The largest absolute Gasteiger partial charge is 0.340 e. The molecule has 0 aromatic heterocycles. The Morgan fingerprint density at radius 1 is 1.20 bits per heavy atom. The van der Waals surface area contributed by atoms with E-state index in [-0.39, 0.29) is 11.7 Å². The van der Waals surface area contributed by atoms with Crippen molar-refractivity contribution in [2.24, 2.45) is 5.41 Å². The van der Waals surface area contributed by atoms with Crippen molar-refractivity contribution in [1.29, 1.82) is 0 Å². The number of carbonyl (C=O) groups excluding carboxylic acids is 1. The topological polar surface area (TPSA) is 57.7 Å². The maximum Gasteiger partial charge on any atom is 0.231 e. The molecule has 116 valence electrons. The highest BCUT2D eigenvalue weighted by atomic mass is 35.5. The maximum absolute atomic E-state index is 12.4. The fourth-order valence-corrected chi connectivity index (χ4v) is 3.74. The number of hydrogen-bond donors (Lipinski definition) is 0. The van der Waals surface area contributed by atoms with E-state index in [1.165, 1.54) is 6.26 Å². The summed E-state index contributed by atoms with van der Waals surface area (Å²) in [6, 6.07) is 0. The first-order chi connectivity index (χ1) is 9.05. The number of carbonyl (C=O) groups is 1. The van der Waals surface area contributed by atoms with E-state index in [0.717, 1.165) is 0 Å². The molecular weight excluding hydrogens is 323 g/mol. The Morgan fingerprint density at radius 3 is 2.10 bits per heavy atom. The van der Waals surface area contributed by atoms with Crippen molar-refractivity contribution in [3.05, 3.63) is 0 Å². The summed E-state index contributed by atoms with van der Waals surface area (Å²) in [7, 11) is -2.94. The van der Waals surface area contributed by atoms with Gasteiger partial charge in [0.05, 0.1) is 11.2 Å². The van der Waals surface area contributed by atoms with Crippen molar-refractivity contribution in [1.82, 2.24) is 9.80 Å². The van der Waals surface area contributed by atoms with Gasteiger partial charge in [-0.2, -0.15) is 0 Å².